The minimum atomic E-state index is -2.69. The van der Waals surface area contributed by atoms with Gasteiger partial charge in [-0.15, -0.1) is 0 Å². The predicted octanol–water partition coefficient (Wildman–Crippen LogP) is 3.13. The average molecular weight is 316 g/mol. The molecule has 0 saturated heterocycles. The molecule has 8 heteroatoms. The lowest BCUT2D eigenvalue weighted by Gasteiger charge is -2.08. The molecular formula is C13H12ClF2N3O2. The normalized spacial score (nSPS) is 10.9. The first kappa shape index (κ1) is 15.2. The van der Waals surface area contributed by atoms with Gasteiger partial charge in [0.15, 0.2) is 0 Å². The van der Waals surface area contributed by atoms with E-state index in [-0.39, 0.29) is 23.7 Å². The summed E-state index contributed by atoms with van der Waals surface area (Å²) in [6.45, 7) is 1.33. The number of nitrogens with one attached hydrogen (secondary N) is 1. The van der Waals surface area contributed by atoms with Gasteiger partial charge in [0.25, 0.3) is 6.43 Å². The summed E-state index contributed by atoms with van der Waals surface area (Å²) in [5, 5.41) is 16.0. The first-order chi connectivity index (χ1) is 9.86. The van der Waals surface area contributed by atoms with Crippen LogP contribution in [0.15, 0.2) is 24.3 Å². The highest BCUT2D eigenvalue weighted by Crippen LogP contribution is 2.26. The van der Waals surface area contributed by atoms with Crippen LogP contribution in [0.4, 0.5) is 14.5 Å². The number of anilines is 1. The molecule has 0 aliphatic carbocycles. The van der Waals surface area contributed by atoms with Crippen LogP contribution >= 0.6 is 11.6 Å². The highest BCUT2D eigenvalue weighted by molar-refractivity contribution is 6.31. The standard InChI is InChI=1S/C13H12ClF2N3O2/c1-7-4-10(13(15)16)18-19(7)6-12(21)17-9-5-8(14)2-3-11(9)20/h2-5,13,20H,6H2,1H3,(H,17,21). The van der Waals surface area contributed by atoms with Crippen LogP contribution in [0, 0.1) is 6.92 Å². The summed E-state index contributed by atoms with van der Waals surface area (Å²) in [5.74, 6) is -0.655. The second-order valence-electron chi connectivity index (χ2n) is 4.38. The lowest BCUT2D eigenvalue weighted by molar-refractivity contribution is -0.117. The van der Waals surface area contributed by atoms with Crippen molar-refractivity contribution in [3.8, 4) is 5.75 Å². The molecule has 21 heavy (non-hydrogen) atoms. The van der Waals surface area contributed by atoms with E-state index in [0.29, 0.717) is 10.7 Å². The Balaban J connectivity index is 2.10. The maximum absolute atomic E-state index is 12.5. The molecule has 2 N–H and O–H groups in total. The van der Waals surface area contributed by atoms with Crippen molar-refractivity contribution in [2.75, 3.05) is 5.32 Å². The number of benzene rings is 1. The summed E-state index contributed by atoms with van der Waals surface area (Å²) in [5.41, 5.74) is 0.202. The van der Waals surface area contributed by atoms with E-state index < -0.39 is 12.3 Å². The second kappa shape index (κ2) is 6.09. The zero-order chi connectivity index (χ0) is 15.6. The zero-order valence-corrected chi connectivity index (χ0v) is 11.7. The van der Waals surface area contributed by atoms with Crippen molar-refractivity contribution in [1.29, 1.82) is 0 Å². The summed E-state index contributed by atoms with van der Waals surface area (Å²) in [4.78, 5) is 11.9. The number of carbonyl (C=O) groups is 1. The monoisotopic (exact) mass is 315 g/mol. The van der Waals surface area contributed by atoms with Crippen molar-refractivity contribution in [3.63, 3.8) is 0 Å². The molecule has 112 valence electrons. The maximum atomic E-state index is 12.5. The number of hydrogen-bond acceptors (Lipinski definition) is 3. The van der Waals surface area contributed by atoms with Crippen molar-refractivity contribution in [1.82, 2.24) is 9.78 Å². The first-order valence-electron chi connectivity index (χ1n) is 5.97. The third-order valence-corrected chi connectivity index (χ3v) is 2.98. The quantitative estimate of drug-likeness (QED) is 0.852. The molecule has 2 aromatic rings. The van der Waals surface area contributed by atoms with E-state index >= 15 is 0 Å². The van der Waals surface area contributed by atoms with Crippen molar-refractivity contribution in [2.45, 2.75) is 19.9 Å². The highest BCUT2D eigenvalue weighted by atomic mass is 35.5. The van der Waals surface area contributed by atoms with Crippen LogP contribution < -0.4 is 5.32 Å². The number of hydrogen-bond donors (Lipinski definition) is 2. The van der Waals surface area contributed by atoms with E-state index in [1.165, 1.54) is 28.9 Å². The number of aromatic hydroxyl groups is 1. The van der Waals surface area contributed by atoms with E-state index in [1.807, 2.05) is 0 Å². The molecule has 1 aromatic carbocycles. The number of halogens is 3. The van der Waals surface area contributed by atoms with Crippen LogP contribution in [0.1, 0.15) is 17.8 Å². The molecule has 0 spiro atoms. The predicted molar refractivity (Wildman–Crippen MR) is 73.7 cm³/mol. The van der Waals surface area contributed by atoms with Crippen LogP contribution in [0.25, 0.3) is 0 Å². The Morgan fingerprint density at radius 2 is 2.19 bits per heavy atom. The highest BCUT2D eigenvalue weighted by Gasteiger charge is 2.15. The first-order valence-corrected chi connectivity index (χ1v) is 6.35. The van der Waals surface area contributed by atoms with Gasteiger partial charge < -0.3 is 10.4 Å². The number of phenols is 1. The molecule has 0 saturated carbocycles. The molecule has 1 amide bonds. The number of amides is 1. The fourth-order valence-corrected chi connectivity index (χ4v) is 1.91. The van der Waals surface area contributed by atoms with E-state index in [1.54, 1.807) is 6.92 Å². The lowest BCUT2D eigenvalue weighted by Crippen LogP contribution is -2.20. The topological polar surface area (TPSA) is 67.2 Å². The molecule has 0 radical (unpaired) electrons. The SMILES string of the molecule is Cc1cc(C(F)F)nn1CC(=O)Nc1cc(Cl)ccc1O. The van der Waals surface area contributed by atoms with Gasteiger partial charge in [-0.1, -0.05) is 11.6 Å². The summed E-state index contributed by atoms with van der Waals surface area (Å²) >= 11 is 5.76. The van der Waals surface area contributed by atoms with Crippen LogP contribution in [0.3, 0.4) is 0 Å². The van der Waals surface area contributed by atoms with Gasteiger partial charge in [-0.2, -0.15) is 5.10 Å². The minimum Gasteiger partial charge on any atom is -0.506 e. The number of rotatable bonds is 4. The Hall–Kier alpha value is -2.15. The largest absolute Gasteiger partial charge is 0.506 e. The van der Waals surface area contributed by atoms with Crippen molar-refractivity contribution in [3.05, 3.63) is 40.7 Å². The molecular weight excluding hydrogens is 304 g/mol. The third kappa shape index (κ3) is 3.69. The van der Waals surface area contributed by atoms with Crippen LogP contribution in [-0.4, -0.2) is 20.8 Å². The lowest BCUT2D eigenvalue weighted by atomic mass is 10.3. The maximum Gasteiger partial charge on any atom is 0.282 e. The Morgan fingerprint density at radius 1 is 1.48 bits per heavy atom. The molecule has 0 bridgehead atoms. The summed E-state index contributed by atoms with van der Waals surface area (Å²) in [7, 11) is 0. The van der Waals surface area contributed by atoms with Crippen LogP contribution in [-0.2, 0) is 11.3 Å². The van der Waals surface area contributed by atoms with Crippen molar-refractivity contribution in [2.24, 2.45) is 0 Å². The van der Waals surface area contributed by atoms with Crippen molar-refractivity contribution < 1.29 is 18.7 Å². The number of phenolic OH excluding ortho intramolecular Hbond substituents is 1. The van der Waals surface area contributed by atoms with Gasteiger partial charge in [-0.05, 0) is 31.2 Å². The summed E-state index contributed by atoms with van der Waals surface area (Å²) in [6.07, 6.45) is -2.69. The second-order valence-corrected chi connectivity index (χ2v) is 4.82. The molecule has 2 rings (SSSR count). The molecule has 0 aliphatic heterocycles. The fraction of sp³-hybridized carbons (Fsp3) is 0.231. The Bertz CT molecular complexity index is 673. The van der Waals surface area contributed by atoms with Gasteiger partial charge >= 0.3 is 0 Å². The van der Waals surface area contributed by atoms with Crippen LogP contribution in [0.2, 0.25) is 5.02 Å². The molecule has 5 nitrogen and oxygen atoms in total. The minimum absolute atomic E-state index is 0.141. The molecule has 1 aromatic heterocycles. The number of aromatic nitrogens is 2. The van der Waals surface area contributed by atoms with Gasteiger partial charge in [0, 0.05) is 10.7 Å². The molecule has 0 unspecified atom stereocenters. The smallest absolute Gasteiger partial charge is 0.282 e. The number of alkyl halides is 2. The van der Waals surface area contributed by atoms with Crippen molar-refractivity contribution >= 4 is 23.2 Å². The third-order valence-electron chi connectivity index (χ3n) is 2.75. The number of carbonyl (C=O) groups excluding carboxylic acids is 1. The van der Waals surface area contributed by atoms with E-state index in [0.717, 1.165) is 0 Å². The molecule has 0 aliphatic rings. The van der Waals surface area contributed by atoms with Crippen LogP contribution in [0.5, 0.6) is 5.75 Å². The molecule has 0 atom stereocenters. The van der Waals surface area contributed by atoms with Gasteiger partial charge in [-0.25, -0.2) is 8.78 Å². The molecule has 0 fully saturated rings. The Kier molecular flexibility index (Phi) is 4.42. The summed E-state index contributed by atoms with van der Waals surface area (Å²) < 4.78 is 26.2. The van der Waals surface area contributed by atoms with Gasteiger partial charge in [0.1, 0.15) is 18.0 Å². The molecule has 1 heterocycles. The Morgan fingerprint density at radius 3 is 2.81 bits per heavy atom. The number of nitrogens with zero attached hydrogens (tertiary/aromatic N) is 2. The average Bonchev–Trinajstić information content (AvgIpc) is 2.75. The Labute approximate surface area is 124 Å². The summed E-state index contributed by atoms with van der Waals surface area (Å²) in [6, 6.07) is 5.41. The number of aryl methyl sites for hydroxylation is 1. The zero-order valence-electron chi connectivity index (χ0n) is 11.0. The van der Waals surface area contributed by atoms with Gasteiger partial charge in [0.05, 0.1) is 5.69 Å². The fourth-order valence-electron chi connectivity index (χ4n) is 1.74. The van der Waals surface area contributed by atoms with E-state index in [4.69, 9.17) is 11.6 Å². The van der Waals surface area contributed by atoms with Gasteiger partial charge in [0.2, 0.25) is 5.91 Å². The van der Waals surface area contributed by atoms with Gasteiger partial charge in [-0.3, -0.25) is 9.48 Å². The van der Waals surface area contributed by atoms with E-state index in [2.05, 4.69) is 10.4 Å². The van der Waals surface area contributed by atoms with E-state index in [9.17, 15) is 18.7 Å².